The molecule has 8 nitrogen and oxygen atoms in total. The molecule has 0 fully saturated rings. The first kappa shape index (κ1) is 21.9. The maximum absolute atomic E-state index is 12.5. The van der Waals surface area contributed by atoms with Gasteiger partial charge in [0.15, 0.2) is 6.23 Å². The Labute approximate surface area is 166 Å². The molecule has 2 rings (SSSR count). The average molecular weight is 438 g/mol. The lowest BCUT2D eigenvalue weighted by Crippen LogP contribution is -2.39. The quantitative estimate of drug-likeness (QED) is 0.575. The molecule has 3 N–H and O–H groups in total. The van der Waals surface area contributed by atoms with Gasteiger partial charge in [-0.3, -0.25) is 15.4 Å². The molecule has 1 aromatic carbocycles. The van der Waals surface area contributed by atoms with Crippen molar-refractivity contribution in [3.8, 4) is 0 Å². The van der Waals surface area contributed by atoms with Gasteiger partial charge in [-0.05, 0) is 11.6 Å². The van der Waals surface area contributed by atoms with Crippen molar-refractivity contribution in [2.45, 2.75) is 25.4 Å². The van der Waals surface area contributed by atoms with Crippen LogP contribution in [0, 0.1) is 0 Å². The van der Waals surface area contributed by atoms with Crippen molar-refractivity contribution in [3.63, 3.8) is 0 Å². The standard InChI is InChI=1S/C15H15ClF3N5O3S/c1-20-10(25)6-11(21-7-8-4-2-3-5-9(8)16)27-14(26)22-13-24-23-12(28-13)15(17,18)19/h2-5,11,21H,6-7H2,1H3,(H,20,25)(H,22,24,26). The van der Waals surface area contributed by atoms with Crippen LogP contribution in [0.4, 0.5) is 23.1 Å². The van der Waals surface area contributed by atoms with E-state index in [9.17, 15) is 22.8 Å². The monoisotopic (exact) mass is 437 g/mol. The predicted molar refractivity (Wildman–Crippen MR) is 95.8 cm³/mol. The van der Waals surface area contributed by atoms with Crippen molar-refractivity contribution in [3.05, 3.63) is 39.9 Å². The number of rotatable bonds is 7. The van der Waals surface area contributed by atoms with E-state index in [1.807, 2.05) is 0 Å². The van der Waals surface area contributed by atoms with Crippen LogP contribution in [0.25, 0.3) is 0 Å². The highest BCUT2D eigenvalue weighted by Crippen LogP contribution is 2.33. The molecule has 28 heavy (non-hydrogen) atoms. The summed E-state index contributed by atoms with van der Waals surface area (Å²) in [6, 6.07) is 6.92. The molecule has 0 bridgehead atoms. The summed E-state index contributed by atoms with van der Waals surface area (Å²) < 4.78 is 42.6. The second kappa shape index (κ2) is 9.66. The highest BCUT2D eigenvalue weighted by atomic mass is 35.5. The van der Waals surface area contributed by atoms with E-state index in [2.05, 4.69) is 26.1 Å². The number of alkyl halides is 3. The fourth-order valence-corrected chi connectivity index (χ4v) is 2.72. The maximum Gasteiger partial charge on any atom is 0.445 e. The van der Waals surface area contributed by atoms with Gasteiger partial charge in [0.05, 0.1) is 6.42 Å². The first-order valence-electron chi connectivity index (χ1n) is 7.74. The van der Waals surface area contributed by atoms with Gasteiger partial charge < -0.3 is 10.1 Å². The van der Waals surface area contributed by atoms with Crippen molar-refractivity contribution in [1.29, 1.82) is 0 Å². The van der Waals surface area contributed by atoms with Crippen molar-refractivity contribution >= 4 is 40.1 Å². The van der Waals surface area contributed by atoms with Gasteiger partial charge in [-0.2, -0.15) is 13.2 Å². The summed E-state index contributed by atoms with van der Waals surface area (Å²) in [7, 11) is 1.41. The zero-order chi connectivity index (χ0) is 20.7. The number of carbonyl (C=O) groups excluding carboxylic acids is 2. The van der Waals surface area contributed by atoms with Crippen LogP contribution in [0.15, 0.2) is 24.3 Å². The largest absolute Gasteiger partial charge is 0.445 e. The van der Waals surface area contributed by atoms with Crippen LogP contribution in [-0.4, -0.2) is 35.5 Å². The molecule has 1 unspecified atom stereocenters. The topological polar surface area (TPSA) is 105 Å². The summed E-state index contributed by atoms with van der Waals surface area (Å²) in [5.41, 5.74) is 0.703. The average Bonchev–Trinajstić information content (AvgIpc) is 3.09. The molecular formula is C15H15ClF3N5O3S. The molecule has 0 aliphatic rings. The predicted octanol–water partition coefficient (Wildman–Crippen LogP) is 3.01. The highest BCUT2D eigenvalue weighted by molar-refractivity contribution is 7.15. The molecule has 1 aromatic heterocycles. The molecule has 0 aliphatic carbocycles. The van der Waals surface area contributed by atoms with Crippen molar-refractivity contribution in [2.24, 2.45) is 0 Å². The minimum absolute atomic E-state index is 0.150. The first-order chi connectivity index (χ1) is 13.2. The second-order valence-electron chi connectivity index (χ2n) is 5.28. The van der Waals surface area contributed by atoms with Crippen molar-refractivity contribution in [1.82, 2.24) is 20.8 Å². The van der Waals surface area contributed by atoms with E-state index in [0.29, 0.717) is 10.6 Å². The van der Waals surface area contributed by atoms with E-state index in [1.54, 1.807) is 24.3 Å². The van der Waals surface area contributed by atoms with Crippen LogP contribution in [0.3, 0.4) is 0 Å². The number of nitrogens with one attached hydrogen (secondary N) is 3. The van der Waals surface area contributed by atoms with E-state index in [-0.39, 0.29) is 29.4 Å². The summed E-state index contributed by atoms with van der Waals surface area (Å²) in [6.45, 7) is 0.186. The number of benzene rings is 1. The van der Waals surface area contributed by atoms with Crippen LogP contribution in [-0.2, 0) is 22.3 Å². The van der Waals surface area contributed by atoms with E-state index >= 15 is 0 Å². The van der Waals surface area contributed by atoms with Crippen LogP contribution >= 0.6 is 22.9 Å². The molecular weight excluding hydrogens is 423 g/mol. The summed E-state index contributed by atoms with van der Waals surface area (Å²) in [6.07, 6.45) is -7.05. The van der Waals surface area contributed by atoms with Gasteiger partial charge in [-0.1, -0.05) is 41.1 Å². The molecule has 0 spiro atoms. The van der Waals surface area contributed by atoms with Crippen molar-refractivity contribution in [2.75, 3.05) is 12.4 Å². The Hall–Kier alpha value is -2.44. The van der Waals surface area contributed by atoms with Gasteiger partial charge in [-0.25, -0.2) is 4.79 Å². The van der Waals surface area contributed by atoms with Gasteiger partial charge in [-0.15, -0.1) is 10.2 Å². The minimum Gasteiger partial charge on any atom is -0.430 e. The van der Waals surface area contributed by atoms with E-state index in [0.717, 1.165) is 0 Å². The Balaban J connectivity index is 1.98. The lowest BCUT2D eigenvalue weighted by Gasteiger charge is -2.19. The first-order valence-corrected chi connectivity index (χ1v) is 8.94. The molecule has 2 aromatic rings. The molecule has 1 atom stereocenters. The zero-order valence-electron chi connectivity index (χ0n) is 14.3. The molecule has 152 valence electrons. The van der Waals surface area contributed by atoms with Gasteiger partial charge >= 0.3 is 12.3 Å². The maximum atomic E-state index is 12.5. The Morgan fingerprint density at radius 3 is 2.61 bits per heavy atom. The molecule has 13 heteroatoms. The molecule has 1 heterocycles. The number of halogens is 4. The lowest BCUT2D eigenvalue weighted by molar-refractivity contribution is -0.138. The fourth-order valence-electron chi connectivity index (χ4n) is 1.93. The molecule has 0 aliphatic heterocycles. The van der Waals surface area contributed by atoms with E-state index < -0.39 is 29.4 Å². The smallest absolute Gasteiger partial charge is 0.430 e. The van der Waals surface area contributed by atoms with E-state index in [1.165, 1.54) is 7.05 Å². The summed E-state index contributed by atoms with van der Waals surface area (Å²) in [4.78, 5) is 23.6. The molecule has 0 radical (unpaired) electrons. The SMILES string of the molecule is CNC(=O)CC(NCc1ccccc1Cl)OC(=O)Nc1nnc(C(F)(F)F)s1. The Bertz CT molecular complexity index is 833. The Morgan fingerprint density at radius 1 is 1.29 bits per heavy atom. The zero-order valence-corrected chi connectivity index (χ0v) is 15.9. The number of hydrogen-bond acceptors (Lipinski definition) is 7. The number of anilines is 1. The van der Waals surface area contributed by atoms with Crippen LogP contribution in [0.2, 0.25) is 5.02 Å². The molecule has 0 saturated carbocycles. The van der Waals surface area contributed by atoms with Gasteiger partial charge in [0.25, 0.3) is 0 Å². The van der Waals surface area contributed by atoms with Crippen molar-refractivity contribution < 1.29 is 27.5 Å². The number of ether oxygens (including phenoxy) is 1. The number of carbonyl (C=O) groups is 2. The third-order valence-electron chi connectivity index (χ3n) is 3.25. The van der Waals surface area contributed by atoms with E-state index in [4.69, 9.17) is 16.3 Å². The second-order valence-corrected chi connectivity index (χ2v) is 6.66. The van der Waals surface area contributed by atoms with Gasteiger partial charge in [0.2, 0.25) is 16.0 Å². The third-order valence-corrected chi connectivity index (χ3v) is 4.51. The Kier molecular flexibility index (Phi) is 7.54. The van der Waals surface area contributed by atoms with Crippen LogP contribution < -0.4 is 16.0 Å². The fraction of sp³-hybridized carbons (Fsp3) is 0.333. The molecule has 0 saturated heterocycles. The number of hydrogen-bond donors (Lipinski definition) is 3. The number of nitrogens with zero attached hydrogens (tertiary/aromatic N) is 2. The number of aromatic nitrogens is 2. The normalized spacial score (nSPS) is 12.3. The number of amides is 2. The highest BCUT2D eigenvalue weighted by Gasteiger charge is 2.36. The molecule has 2 amide bonds. The van der Waals surface area contributed by atoms with Crippen LogP contribution in [0.1, 0.15) is 17.0 Å². The summed E-state index contributed by atoms with van der Waals surface area (Å²) >= 11 is 6.20. The Morgan fingerprint density at radius 2 is 2.00 bits per heavy atom. The van der Waals surface area contributed by atoms with Crippen LogP contribution in [0.5, 0.6) is 0 Å². The summed E-state index contributed by atoms with van der Waals surface area (Å²) in [5.74, 6) is -0.417. The van der Waals surface area contributed by atoms with Gasteiger partial charge in [0.1, 0.15) is 0 Å². The lowest BCUT2D eigenvalue weighted by atomic mass is 10.2. The summed E-state index contributed by atoms with van der Waals surface area (Å²) in [5, 5.41) is 12.3. The minimum atomic E-state index is -4.67. The van der Waals surface area contributed by atoms with Gasteiger partial charge in [0, 0.05) is 18.6 Å². The third kappa shape index (κ3) is 6.62.